The molecule has 15 heavy (non-hydrogen) atoms. The molecular weight excluding hydrogens is 198 g/mol. The molecule has 0 aliphatic carbocycles. The highest BCUT2D eigenvalue weighted by Crippen LogP contribution is 2.06. The van der Waals surface area contributed by atoms with Gasteiger partial charge < -0.3 is 14.8 Å². The summed E-state index contributed by atoms with van der Waals surface area (Å²) in [5, 5.41) is 2.39. The first-order chi connectivity index (χ1) is 6.76. The summed E-state index contributed by atoms with van der Waals surface area (Å²) in [4.78, 5) is 22.4. The van der Waals surface area contributed by atoms with E-state index in [0.717, 1.165) is 0 Å². The molecule has 0 aromatic rings. The molecule has 0 aromatic carbocycles. The number of carbonyl (C=O) groups excluding carboxylic acids is 2. The number of ether oxygens (including phenoxy) is 2. The van der Waals surface area contributed by atoms with Crippen molar-refractivity contribution in [3.8, 4) is 0 Å². The van der Waals surface area contributed by atoms with Crippen molar-refractivity contribution in [3.05, 3.63) is 0 Å². The van der Waals surface area contributed by atoms with E-state index in [4.69, 9.17) is 9.47 Å². The van der Waals surface area contributed by atoms with Crippen molar-refractivity contribution in [2.24, 2.45) is 0 Å². The van der Waals surface area contributed by atoms with Crippen LogP contribution < -0.4 is 5.32 Å². The number of amides is 1. The van der Waals surface area contributed by atoms with Gasteiger partial charge in [-0.2, -0.15) is 0 Å². The zero-order chi connectivity index (χ0) is 12.1. The molecule has 0 aromatic heterocycles. The molecule has 0 aliphatic heterocycles. The van der Waals surface area contributed by atoms with Gasteiger partial charge in [-0.1, -0.05) is 0 Å². The SMILES string of the molecule is CCOC(=O)[C@H](C)NC(=O)OC(C)(C)C. The van der Waals surface area contributed by atoms with Gasteiger partial charge in [-0.05, 0) is 34.6 Å². The molecule has 0 rings (SSSR count). The lowest BCUT2D eigenvalue weighted by Gasteiger charge is -2.21. The molecule has 1 N–H and O–H groups in total. The molecule has 0 fully saturated rings. The average Bonchev–Trinajstić information content (AvgIpc) is 2.00. The number of alkyl carbamates (subject to hydrolysis) is 1. The van der Waals surface area contributed by atoms with Crippen LogP contribution in [0.15, 0.2) is 0 Å². The predicted molar refractivity (Wildman–Crippen MR) is 55.5 cm³/mol. The summed E-state index contributed by atoms with van der Waals surface area (Å²) in [5.41, 5.74) is -0.571. The molecule has 0 radical (unpaired) electrons. The summed E-state index contributed by atoms with van der Waals surface area (Å²) in [5.74, 6) is -0.469. The standard InChI is InChI=1S/C10H19NO4/c1-6-14-8(12)7(2)11-9(13)15-10(3,4)5/h7H,6H2,1-5H3,(H,11,13)/t7-/m0/s1. The van der Waals surface area contributed by atoms with Gasteiger partial charge in [0.15, 0.2) is 0 Å². The molecule has 1 amide bonds. The van der Waals surface area contributed by atoms with Crippen LogP contribution in [0.1, 0.15) is 34.6 Å². The second kappa shape index (κ2) is 5.58. The van der Waals surface area contributed by atoms with E-state index in [2.05, 4.69) is 5.32 Å². The number of carbonyl (C=O) groups is 2. The maximum atomic E-state index is 11.2. The van der Waals surface area contributed by atoms with Crippen LogP contribution in [-0.4, -0.2) is 30.3 Å². The molecule has 0 spiro atoms. The molecular formula is C10H19NO4. The quantitative estimate of drug-likeness (QED) is 0.727. The summed E-state index contributed by atoms with van der Waals surface area (Å²) in [6.07, 6.45) is -0.622. The van der Waals surface area contributed by atoms with E-state index in [0.29, 0.717) is 6.61 Å². The second-order valence-electron chi connectivity index (χ2n) is 4.12. The molecule has 1 atom stereocenters. The lowest BCUT2D eigenvalue weighted by molar-refractivity contribution is -0.145. The van der Waals surface area contributed by atoms with Crippen molar-refractivity contribution in [2.75, 3.05) is 6.61 Å². The number of esters is 1. The summed E-state index contributed by atoms with van der Waals surface area (Å²) < 4.78 is 9.70. The molecule has 0 saturated heterocycles. The first kappa shape index (κ1) is 13.7. The molecule has 88 valence electrons. The van der Waals surface area contributed by atoms with Gasteiger partial charge in [-0.25, -0.2) is 9.59 Å². The Labute approximate surface area is 90.1 Å². The largest absolute Gasteiger partial charge is 0.464 e. The van der Waals surface area contributed by atoms with E-state index < -0.39 is 23.7 Å². The highest BCUT2D eigenvalue weighted by atomic mass is 16.6. The van der Waals surface area contributed by atoms with Crippen molar-refractivity contribution in [3.63, 3.8) is 0 Å². The molecule has 0 saturated carbocycles. The topological polar surface area (TPSA) is 64.6 Å². The van der Waals surface area contributed by atoms with Gasteiger partial charge in [0.1, 0.15) is 11.6 Å². The highest BCUT2D eigenvalue weighted by Gasteiger charge is 2.21. The Morgan fingerprint density at radius 3 is 2.27 bits per heavy atom. The van der Waals surface area contributed by atoms with Crippen LogP contribution in [0.4, 0.5) is 4.79 Å². The van der Waals surface area contributed by atoms with Crippen molar-refractivity contribution >= 4 is 12.1 Å². The van der Waals surface area contributed by atoms with Crippen molar-refractivity contribution < 1.29 is 19.1 Å². The van der Waals surface area contributed by atoms with E-state index in [9.17, 15) is 9.59 Å². The number of hydrogen-bond acceptors (Lipinski definition) is 4. The van der Waals surface area contributed by atoms with Crippen LogP contribution in [-0.2, 0) is 14.3 Å². The monoisotopic (exact) mass is 217 g/mol. The van der Waals surface area contributed by atoms with E-state index in [-0.39, 0.29) is 0 Å². The predicted octanol–water partition coefficient (Wildman–Crippen LogP) is 1.46. The van der Waals surface area contributed by atoms with Crippen molar-refractivity contribution in [2.45, 2.75) is 46.3 Å². The summed E-state index contributed by atoms with van der Waals surface area (Å²) in [6.45, 7) is 8.80. The minimum atomic E-state index is -0.695. The van der Waals surface area contributed by atoms with Crippen molar-refractivity contribution in [1.82, 2.24) is 5.32 Å². The third-order valence-electron chi connectivity index (χ3n) is 1.37. The van der Waals surface area contributed by atoms with Gasteiger partial charge in [0.2, 0.25) is 0 Å². The van der Waals surface area contributed by atoms with E-state index in [1.54, 1.807) is 34.6 Å². The van der Waals surface area contributed by atoms with Crippen LogP contribution >= 0.6 is 0 Å². The molecule has 0 aliphatic rings. The number of nitrogens with one attached hydrogen (secondary N) is 1. The normalized spacial score (nSPS) is 12.9. The lowest BCUT2D eigenvalue weighted by Crippen LogP contribution is -2.42. The molecule has 5 nitrogen and oxygen atoms in total. The summed E-state index contributed by atoms with van der Waals surface area (Å²) >= 11 is 0. The van der Waals surface area contributed by atoms with E-state index in [1.807, 2.05) is 0 Å². The summed E-state index contributed by atoms with van der Waals surface area (Å²) in [6, 6.07) is -0.695. The smallest absolute Gasteiger partial charge is 0.408 e. The van der Waals surface area contributed by atoms with E-state index in [1.165, 1.54) is 0 Å². The minimum absolute atomic E-state index is 0.291. The number of hydrogen-bond donors (Lipinski definition) is 1. The number of rotatable bonds is 3. The zero-order valence-electron chi connectivity index (χ0n) is 9.92. The Balaban J connectivity index is 4.02. The van der Waals surface area contributed by atoms with E-state index >= 15 is 0 Å². The first-order valence-electron chi connectivity index (χ1n) is 4.92. The second-order valence-corrected chi connectivity index (χ2v) is 4.12. The lowest BCUT2D eigenvalue weighted by atomic mass is 10.2. The van der Waals surface area contributed by atoms with Gasteiger partial charge in [0.05, 0.1) is 6.61 Å². The van der Waals surface area contributed by atoms with Gasteiger partial charge in [-0.3, -0.25) is 0 Å². The van der Waals surface area contributed by atoms with Crippen LogP contribution in [0.25, 0.3) is 0 Å². The minimum Gasteiger partial charge on any atom is -0.464 e. The maximum absolute atomic E-state index is 11.2. The Bertz CT molecular complexity index is 232. The molecule has 5 heteroatoms. The molecule has 0 bridgehead atoms. The van der Waals surface area contributed by atoms with Gasteiger partial charge in [0.25, 0.3) is 0 Å². The first-order valence-corrected chi connectivity index (χ1v) is 4.92. The molecule has 0 heterocycles. The van der Waals surface area contributed by atoms with Crippen LogP contribution in [0.2, 0.25) is 0 Å². The van der Waals surface area contributed by atoms with Gasteiger partial charge in [-0.15, -0.1) is 0 Å². The highest BCUT2D eigenvalue weighted by molar-refractivity contribution is 5.80. The van der Waals surface area contributed by atoms with Crippen LogP contribution in [0, 0.1) is 0 Å². The fourth-order valence-corrected chi connectivity index (χ4v) is 0.811. The Morgan fingerprint density at radius 1 is 1.33 bits per heavy atom. The van der Waals surface area contributed by atoms with Gasteiger partial charge >= 0.3 is 12.1 Å². The van der Waals surface area contributed by atoms with Gasteiger partial charge in [0, 0.05) is 0 Å². The Kier molecular flexibility index (Phi) is 5.11. The average molecular weight is 217 g/mol. The van der Waals surface area contributed by atoms with Crippen LogP contribution in [0.3, 0.4) is 0 Å². The third-order valence-corrected chi connectivity index (χ3v) is 1.37. The fraction of sp³-hybridized carbons (Fsp3) is 0.800. The maximum Gasteiger partial charge on any atom is 0.408 e. The Morgan fingerprint density at radius 2 is 1.87 bits per heavy atom. The zero-order valence-corrected chi connectivity index (χ0v) is 9.92. The van der Waals surface area contributed by atoms with Crippen LogP contribution in [0.5, 0.6) is 0 Å². The molecule has 0 unspecified atom stereocenters. The fourth-order valence-electron chi connectivity index (χ4n) is 0.811. The third kappa shape index (κ3) is 6.76. The van der Waals surface area contributed by atoms with Crippen molar-refractivity contribution in [1.29, 1.82) is 0 Å². The summed E-state index contributed by atoms with van der Waals surface area (Å²) in [7, 11) is 0. The Hall–Kier alpha value is -1.26.